The lowest BCUT2D eigenvalue weighted by molar-refractivity contribution is -0.0730. The van der Waals surface area contributed by atoms with E-state index in [1.54, 1.807) is 6.07 Å². The average Bonchev–Trinajstić information content (AvgIpc) is 2.76. The summed E-state index contributed by atoms with van der Waals surface area (Å²) in [5, 5.41) is 3.18. The van der Waals surface area contributed by atoms with E-state index in [2.05, 4.69) is 5.32 Å². The largest absolute Gasteiger partial charge is 0.341 e. The molecule has 2 heterocycles. The Balaban J connectivity index is 1.79. The van der Waals surface area contributed by atoms with Crippen LogP contribution in [0.25, 0.3) is 0 Å². The van der Waals surface area contributed by atoms with Gasteiger partial charge in [0.05, 0.1) is 0 Å². The standard InChI is InChI=1S/C11H12FNO2/c12-8-3-1-2-7(4-8)11-14-9-5-13-6-10(9)15-11/h1-4,9-11,13H,5-6H2. The van der Waals surface area contributed by atoms with E-state index < -0.39 is 6.29 Å². The molecule has 3 nitrogen and oxygen atoms in total. The van der Waals surface area contributed by atoms with Gasteiger partial charge in [-0.1, -0.05) is 12.1 Å². The van der Waals surface area contributed by atoms with E-state index >= 15 is 0 Å². The van der Waals surface area contributed by atoms with Crippen LogP contribution >= 0.6 is 0 Å². The molecule has 0 radical (unpaired) electrons. The zero-order valence-corrected chi connectivity index (χ0v) is 8.15. The molecule has 4 heteroatoms. The van der Waals surface area contributed by atoms with Crippen LogP contribution in [0.4, 0.5) is 4.39 Å². The van der Waals surface area contributed by atoms with Crippen LogP contribution in [-0.4, -0.2) is 25.3 Å². The van der Waals surface area contributed by atoms with Gasteiger partial charge in [0.2, 0.25) is 0 Å². The molecule has 80 valence electrons. The highest BCUT2D eigenvalue weighted by molar-refractivity contribution is 5.18. The Hall–Kier alpha value is -0.970. The zero-order valence-electron chi connectivity index (χ0n) is 8.15. The number of nitrogens with one attached hydrogen (secondary N) is 1. The van der Waals surface area contributed by atoms with Crippen molar-refractivity contribution in [3.05, 3.63) is 35.6 Å². The Morgan fingerprint density at radius 2 is 1.93 bits per heavy atom. The van der Waals surface area contributed by atoms with Gasteiger partial charge in [-0.2, -0.15) is 0 Å². The lowest BCUT2D eigenvalue weighted by Gasteiger charge is -2.11. The molecule has 0 bridgehead atoms. The van der Waals surface area contributed by atoms with Gasteiger partial charge in [-0.25, -0.2) is 4.39 Å². The van der Waals surface area contributed by atoms with Crippen molar-refractivity contribution >= 4 is 0 Å². The summed E-state index contributed by atoms with van der Waals surface area (Å²) in [5.41, 5.74) is 0.754. The van der Waals surface area contributed by atoms with E-state index in [4.69, 9.17) is 9.47 Å². The third-order valence-electron chi connectivity index (χ3n) is 2.82. The van der Waals surface area contributed by atoms with Crippen LogP contribution in [-0.2, 0) is 9.47 Å². The molecule has 0 spiro atoms. The van der Waals surface area contributed by atoms with Gasteiger partial charge in [-0.3, -0.25) is 0 Å². The molecule has 1 N–H and O–H groups in total. The minimum atomic E-state index is -0.405. The summed E-state index contributed by atoms with van der Waals surface area (Å²) in [4.78, 5) is 0. The van der Waals surface area contributed by atoms with Crippen molar-refractivity contribution in [2.24, 2.45) is 0 Å². The number of benzene rings is 1. The smallest absolute Gasteiger partial charge is 0.184 e. The summed E-state index contributed by atoms with van der Waals surface area (Å²) in [6.07, 6.45) is -0.186. The first-order valence-electron chi connectivity index (χ1n) is 5.10. The second kappa shape index (κ2) is 3.56. The minimum absolute atomic E-state index is 0.110. The molecular weight excluding hydrogens is 197 g/mol. The predicted octanol–water partition coefficient (Wildman–Crippen LogP) is 1.21. The van der Waals surface area contributed by atoms with Crippen LogP contribution in [0.3, 0.4) is 0 Å². The fourth-order valence-electron chi connectivity index (χ4n) is 2.06. The van der Waals surface area contributed by atoms with E-state index in [9.17, 15) is 4.39 Å². The maximum Gasteiger partial charge on any atom is 0.184 e. The van der Waals surface area contributed by atoms with Gasteiger partial charge in [0.15, 0.2) is 6.29 Å². The van der Waals surface area contributed by atoms with E-state index in [0.717, 1.165) is 18.7 Å². The normalized spacial score (nSPS) is 34.3. The van der Waals surface area contributed by atoms with Crippen molar-refractivity contribution in [3.63, 3.8) is 0 Å². The van der Waals surface area contributed by atoms with Crippen molar-refractivity contribution in [1.82, 2.24) is 5.32 Å². The zero-order chi connectivity index (χ0) is 10.3. The molecule has 2 saturated heterocycles. The second-order valence-corrected chi connectivity index (χ2v) is 3.89. The highest BCUT2D eigenvalue weighted by Crippen LogP contribution is 2.32. The Morgan fingerprint density at radius 1 is 1.20 bits per heavy atom. The van der Waals surface area contributed by atoms with Crippen LogP contribution in [0.5, 0.6) is 0 Å². The summed E-state index contributed by atoms with van der Waals surface area (Å²) >= 11 is 0. The van der Waals surface area contributed by atoms with Gasteiger partial charge < -0.3 is 14.8 Å². The van der Waals surface area contributed by atoms with Crippen LogP contribution < -0.4 is 5.32 Å². The molecule has 2 aliphatic rings. The lowest BCUT2D eigenvalue weighted by atomic mass is 10.2. The van der Waals surface area contributed by atoms with Crippen molar-refractivity contribution in [2.45, 2.75) is 18.5 Å². The maximum absolute atomic E-state index is 13.0. The summed E-state index contributed by atoms with van der Waals surface area (Å²) in [6.45, 7) is 1.63. The Labute approximate surface area is 87.2 Å². The van der Waals surface area contributed by atoms with Gasteiger partial charge in [0, 0.05) is 18.7 Å². The molecular formula is C11H12FNO2. The fraction of sp³-hybridized carbons (Fsp3) is 0.455. The van der Waals surface area contributed by atoms with E-state index in [-0.39, 0.29) is 18.0 Å². The molecule has 0 saturated carbocycles. The van der Waals surface area contributed by atoms with Gasteiger partial charge in [-0.05, 0) is 12.1 Å². The first-order valence-corrected chi connectivity index (χ1v) is 5.10. The molecule has 3 rings (SSSR count). The third kappa shape index (κ3) is 1.65. The number of hydrogen-bond donors (Lipinski definition) is 1. The van der Waals surface area contributed by atoms with Crippen molar-refractivity contribution in [2.75, 3.05) is 13.1 Å². The Morgan fingerprint density at radius 3 is 2.60 bits per heavy atom. The lowest BCUT2D eigenvalue weighted by Crippen LogP contribution is -2.18. The summed E-state index contributed by atoms with van der Waals surface area (Å²) in [5.74, 6) is -0.255. The number of hydrogen-bond acceptors (Lipinski definition) is 3. The van der Waals surface area contributed by atoms with Gasteiger partial charge in [0.25, 0.3) is 0 Å². The molecule has 2 fully saturated rings. The summed E-state index contributed by atoms with van der Waals surface area (Å²) in [7, 11) is 0. The van der Waals surface area contributed by atoms with Crippen LogP contribution in [0.2, 0.25) is 0 Å². The highest BCUT2D eigenvalue weighted by Gasteiger charge is 2.39. The SMILES string of the molecule is Fc1cccc(C2OC3CNCC3O2)c1. The average molecular weight is 209 g/mol. The van der Waals surface area contributed by atoms with Gasteiger partial charge >= 0.3 is 0 Å². The molecule has 0 aromatic heterocycles. The second-order valence-electron chi connectivity index (χ2n) is 3.89. The van der Waals surface area contributed by atoms with Gasteiger partial charge in [0.1, 0.15) is 18.0 Å². The van der Waals surface area contributed by atoms with Gasteiger partial charge in [-0.15, -0.1) is 0 Å². The van der Waals surface area contributed by atoms with Crippen LogP contribution in [0, 0.1) is 5.82 Å². The van der Waals surface area contributed by atoms with Crippen molar-refractivity contribution in [1.29, 1.82) is 0 Å². The highest BCUT2D eigenvalue weighted by atomic mass is 19.1. The summed E-state index contributed by atoms with van der Waals surface area (Å²) in [6, 6.07) is 6.37. The fourth-order valence-corrected chi connectivity index (χ4v) is 2.06. The number of halogens is 1. The molecule has 2 unspecified atom stereocenters. The van der Waals surface area contributed by atoms with E-state index in [0.29, 0.717) is 0 Å². The first kappa shape index (κ1) is 9.27. The van der Waals surface area contributed by atoms with E-state index in [1.165, 1.54) is 12.1 Å². The minimum Gasteiger partial charge on any atom is -0.341 e. The van der Waals surface area contributed by atoms with Crippen LogP contribution in [0.1, 0.15) is 11.9 Å². The monoisotopic (exact) mass is 209 g/mol. The molecule has 1 aromatic carbocycles. The first-order chi connectivity index (χ1) is 7.33. The Kier molecular flexibility index (Phi) is 2.20. The quantitative estimate of drug-likeness (QED) is 0.754. The van der Waals surface area contributed by atoms with Crippen LogP contribution in [0.15, 0.2) is 24.3 Å². The summed E-state index contributed by atoms with van der Waals surface area (Å²) < 4.78 is 24.3. The third-order valence-corrected chi connectivity index (χ3v) is 2.82. The van der Waals surface area contributed by atoms with E-state index in [1.807, 2.05) is 6.07 Å². The maximum atomic E-state index is 13.0. The number of fused-ring (bicyclic) bond motifs is 1. The topological polar surface area (TPSA) is 30.5 Å². The molecule has 2 atom stereocenters. The Bertz CT molecular complexity index is 359. The number of rotatable bonds is 1. The number of ether oxygens (including phenoxy) is 2. The molecule has 0 amide bonds. The molecule has 1 aromatic rings. The molecule has 2 aliphatic heterocycles. The van der Waals surface area contributed by atoms with Crippen molar-refractivity contribution in [3.8, 4) is 0 Å². The molecule has 15 heavy (non-hydrogen) atoms. The van der Waals surface area contributed by atoms with Crippen molar-refractivity contribution < 1.29 is 13.9 Å². The molecule has 0 aliphatic carbocycles. The predicted molar refractivity (Wildman–Crippen MR) is 51.8 cm³/mol.